The molecule has 1 saturated carbocycles. The third kappa shape index (κ3) is 5.18. The zero-order valence-corrected chi connectivity index (χ0v) is 15.1. The molecule has 1 aliphatic carbocycles. The van der Waals surface area contributed by atoms with Crippen molar-refractivity contribution < 1.29 is 14.1 Å². The van der Waals surface area contributed by atoms with Gasteiger partial charge in [0, 0.05) is 31.6 Å². The number of carbonyl (C=O) groups is 2. The summed E-state index contributed by atoms with van der Waals surface area (Å²) in [5, 5.41) is 6.87. The first-order chi connectivity index (χ1) is 12.7. The van der Waals surface area contributed by atoms with Crippen LogP contribution in [0.2, 0.25) is 0 Å². The molecule has 0 atom stereocenters. The second-order valence-corrected chi connectivity index (χ2v) is 6.66. The number of benzene rings is 1. The molecule has 3 rings (SSSR count). The fourth-order valence-corrected chi connectivity index (χ4v) is 2.87. The van der Waals surface area contributed by atoms with E-state index in [1.165, 1.54) is 0 Å². The smallest absolute Gasteiger partial charge is 0.228 e. The molecule has 6 nitrogen and oxygen atoms in total. The van der Waals surface area contributed by atoms with E-state index in [4.69, 9.17) is 4.52 Å². The SMILES string of the molecule is CCN(CCNC(=O)Cc1ccccc1)C(=O)Cc1cc(C2CC2)on1. The van der Waals surface area contributed by atoms with Crippen molar-refractivity contribution in [1.29, 1.82) is 0 Å². The van der Waals surface area contributed by atoms with Crippen LogP contribution in [0.3, 0.4) is 0 Å². The Labute approximate surface area is 153 Å². The van der Waals surface area contributed by atoms with Crippen LogP contribution in [-0.4, -0.2) is 41.5 Å². The second-order valence-electron chi connectivity index (χ2n) is 6.66. The Bertz CT molecular complexity index is 738. The van der Waals surface area contributed by atoms with E-state index in [1.807, 2.05) is 43.3 Å². The number of amides is 2. The molecule has 1 fully saturated rings. The third-order valence-corrected chi connectivity index (χ3v) is 4.54. The first kappa shape index (κ1) is 18.2. The summed E-state index contributed by atoms with van der Waals surface area (Å²) < 4.78 is 5.29. The minimum absolute atomic E-state index is 0.000422. The van der Waals surface area contributed by atoms with Crippen molar-refractivity contribution in [2.45, 2.75) is 38.5 Å². The van der Waals surface area contributed by atoms with Crippen molar-refractivity contribution in [2.24, 2.45) is 0 Å². The quantitative estimate of drug-likeness (QED) is 0.749. The topological polar surface area (TPSA) is 75.4 Å². The zero-order chi connectivity index (χ0) is 18.4. The van der Waals surface area contributed by atoms with Gasteiger partial charge in [-0.3, -0.25) is 9.59 Å². The predicted molar refractivity (Wildman–Crippen MR) is 97.6 cm³/mol. The van der Waals surface area contributed by atoms with Crippen molar-refractivity contribution in [3.8, 4) is 0 Å². The molecule has 0 radical (unpaired) electrons. The fourth-order valence-electron chi connectivity index (χ4n) is 2.87. The number of nitrogens with one attached hydrogen (secondary N) is 1. The molecule has 0 bridgehead atoms. The number of rotatable bonds is 9. The maximum atomic E-state index is 12.4. The molecule has 2 amide bonds. The van der Waals surface area contributed by atoms with E-state index in [9.17, 15) is 9.59 Å². The highest BCUT2D eigenvalue weighted by Crippen LogP contribution is 2.40. The van der Waals surface area contributed by atoms with Gasteiger partial charge in [0.2, 0.25) is 11.8 Å². The monoisotopic (exact) mass is 355 g/mol. The number of carbonyl (C=O) groups excluding carboxylic acids is 2. The van der Waals surface area contributed by atoms with Gasteiger partial charge in [-0.05, 0) is 25.3 Å². The Morgan fingerprint density at radius 1 is 1.23 bits per heavy atom. The summed E-state index contributed by atoms with van der Waals surface area (Å²) >= 11 is 0. The second kappa shape index (κ2) is 8.65. The fraction of sp³-hybridized carbons (Fsp3) is 0.450. The van der Waals surface area contributed by atoms with E-state index in [2.05, 4.69) is 10.5 Å². The van der Waals surface area contributed by atoms with Crippen LogP contribution in [0.25, 0.3) is 0 Å². The lowest BCUT2D eigenvalue weighted by Crippen LogP contribution is -2.39. The molecular weight excluding hydrogens is 330 g/mol. The van der Waals surface area contributed by atoms with Gasteiger partial charge >= 0.3 is 0 Å². The minimum atomic E-state index is -0.0368. The average Bonchev–Trinajstić information content (AvgIpc) is 3.39. The number of nitrogens with zero attached hydrogens (tertiary/aromatic N) is 2. The highest BCUT2D eigenvalue weighted by molar-refractivity contribution is 5.79. The van der Waals surface area contributed by atoms with Crippen LogP contribution in [0.5, 0.6) is 0 Å². The van der Waals surface area contributed by atoms with Crippen LogP contribution in [-0.2, 0) is 22.4 Å². The summed E-state index contributed by atoms with van der Waals surface area (Å²) in [6.07, 6.45) is 2.88. The lowest BCUT2D eigenvalue weighted by atomic mass is 10.1. The van der Waals surface area contributed by atoms with Crippen LogP contribution >= 0.6 is 0 Å². The van der Waals surface area contributed by atoms with Crippen LogP contribution in [0, 0.1) is 0 Å². The Hall–Kier alpha value is -2.63. The van der Waals surface area contributed by atoms with E-state index in [-0.39, 0.29) is 18.2 Å². The normalized spacial score (nSPS) is 13.4. The first-order valence-corrected chi connectivity index (χ1v) is 9.19. The van der Waals surface area contributed by atoms with Crippen molar-refractivity contribution in [3.63, 3.8) is 0 Å². The van der Waals surface area contributed by atoms with Crippen molar-refractivity contribution >= 4 is 11.8 Å². The molecule has 0 aliphatic heterocycles. The Kier molecular flexibility index (Phi) is 6.04. The Morgan fingerprint density at radius 3 is 2.69 bits per heavy atom. The van der Waals surface area contributed by atoms with Crippen LogP contribution < -0.4 is 5.32 Å². The lowest BCUT2D eigenvalue weighted by Gasteiger charge is -2.20. The van der Waals surface area contributed by atoms with Gasteiger partial charge in [0.05, 0.1) is 18.5 Å². The highest BCUT2D eigenvalue weighted by Gasteiger charge is 2.28. The summed E-state index contributed by atoms with van der Waals surface area (Å²) in [7, 11) is 0. The van der Waals surface area contributed by atoms with Gasteiger partial charge in [0.15, 0.2) is 0 Å². The van der Waals surface area contributed by atoms with E-state index in [1.54, 1.807) is 4.90 Å². The predicted octanol–water partition coefficient (Wildman–Crippen LogP) is 2.30. The van der Waals surface area contributed by atoms with Crippen molar-refractivity contribution in [3.05, 3.63) is 53.4 Å². The maximum absolute atomic E-state index is 12.4. The van der Waals surface area contributed by atoms with Gasteiger partial charge in [-0.25, -0.2) is 0 Å². The molecule has 26 heavy (non-hydrogen) atoms. The van der Waals surface area contributed by atoms with E-state index in [0.29, 0.717) is 37.7 Å². The minimum Gasteiger partial charge on any atom is -0.361 e. The summed E-state index contributed by atoms with van der Waals surface area (Å²) in [6, 6.07) is 11.5. The van der Waals surface area contributed by atoms with Crippen LogP contribution in [0.4, 0.5) is 0 Å². The average molecular weight is 355 g/mol. The van der Waals surface area contributed by atoms with Crippen molar-refractivity contribution in [1.82, 2.24) is 15.4 Å². The maximum Gasteiger partial charge on any atom is 0.228 e. The van der Waals surface area contributed by atoms with Crippen LogP contribution in [0.15, 0.2) is 40.9 Å². The van der Waals surface area contributed by atoms with Gasteiger partial charge < -0.3 is 14.7 Å². The molecule has 0 spiro atoms. The molecule has 1 heterocycles. The molecule has 0 unspecified atom stereocenters. The van der Waals surface area contributed by atoms with Gasteiger partial charge in [0.25, 0.3) is 0 Å². The molecule has 1 aromatic carbocycles. The van der Waals surface area contributed by atoms with E-state index >= 15 is 0 Å². The summed E-state index contributed by atoms with van der Waals surface area (Å²) in [6.45, 7) is 3.46. The summed E-state index contributed by atoms with van der Waals surface area (Å²) in [5.74, 6) is 1.35. The van der Waals surface area contributed by atoms with Gasteiger partial charge in [-0.15, -0.1) is 0 Å². The Morgan fingerprint density at radius 2 is 2.00 bits per heavy atom. The van der Waals surface area contributed by atoms with Gasteiger partial charge in [0.1, 0.15) is 5.76 Å². The molecule has 138 valence electrons. The largest absolute Gasteiger partial charge is 0.361 e. The van der Waals surface area contributed by atoms with Crippen LogP contribution in [0.1, 0.15) is 42.7 Å². The van der Waals surface area contributed by atoms with E-state index in [0.717, 1.165) is 24.2 Å². The summed E-state index contributed by atoms with van der Waals surface area (Å²) in [4.78, 5) is 26.1. The lowest BCUT2D eigenvalue weighted by molar-refractivity contribution is -0.130. The number of aromatic nitrogens is 1. The number of likely N-dealkylation sites (N-methyl/N-ethyl adjacent to an activating group) is 1. The van der Waals surface area contributed by atoms with Crippen molar-refractivity contribution in [2.75, 3.05) is 19.6 Å². The molecule has 1 N–H and O–H groups in total. The Balaban J connectivity index is 1.41. The first-order valence-electron chi connectivity index (χ1n) is 9.19. The van der Waals surface area contributed by atoms with Gasteiger partial charge in [-0.2, -0.15) is 0 Å². The standard InChI is InChI=1S/C20H25N3O3/c1-2-23(11-10-21-19(24)12-15-6-4-3-5-7-15)20(25)14-17-13-18(26-22-17)16-8-9-16/h3-7,13,16H,2,8-12,14H2,1H3,(H,21,24). The number of hydrogen-bond acceptors (Lipinski definition) is 4. The molecule has 1 aromatic heterocycles. The molecule has 6 heteroatoms. The molecule has 1 aliphatic rings. The molecule has 2 aromatic rings. The van der Waals surface area contributed by atoms with Gasteiger partial charge in [-0.1, -0.05) is 35.5 Å². The number of hydrogen-bond donors (Lipinski definition) is 1. The molecule has 0 saturated heterocycles. The molecular formula is C20H25N3O3. The third-order valence-electron chi connectivity index (χ3n) is 4.54. The van der Waals surface area contributed by atoms with E-state index < -0.39 is 0 Å². The summed E-state index contributed by atoms with van der Waals surface area (Å²) in [5.41, 5.74) is 1.66. The highest BCUT2D eigenvalue weighted by atomic mass is 16.5. The zero-order valence-electron chi connectivity index (χ0n) is 15.1.